The number of hydrogen-bond acceptors (Lipinski definition) is 3. The van der Waals surface area contributed by atoms with Crippen molar-refractivity contribution in [2.45, 2.75) is 45.1 Å². The van der Waals surface area contributed by atoms with Crippen LogP contribution in [0.1, 0.15) is 43.7 Å². The van der Waals surface area contributed by atoms with Crippen molar-refractivity contribution < 1.29 is 9.47 Å². The van der Waals surface area contributed by atoms with Crippen LogP contribution in [0.2, 0.25) is 0 Å². The summed E-state index contributed by atoms with van der Waals surface area (Å²) in [7, 11) is 0. The lowest BCUT2D eigenvalue weighted by Gasteiger charge is -2.18. The second kappa shape index (κ2) is 4.81. The molecule has 1 aromatic rings. The minimum atomic E-state index is 0.361. The van der Waals surface area contributed by atoms with Gasteiger partial charge in [-0.25, -0.2) is 0 Å². The quantitative estimate of drug-likeness (QED) is 0.891. The summed E-state index contributed by atoms with van der Waals surface area (Å²) in [6.07, 6.45) is 3.68. The molecule has 0 bridgehead atoms. The third-order valence-corrected chi connectivity index (χ3v) is 3.87. The molecule has 1 atom stereocenters. The van der Waals surface area contributed by atoms with Crippen LogP contribution in [-0.4, -0.2) is 19.4 Å². The molecule has 18 heavy (non-hydrogen) atoms. The van der Waals surface area contributed by atoms with Crippen LogP contribution in [-0.2, 0) is 6.42 Å². The summed E-state index contributed by atoms with van der Waals surface area (Å²) in [5.74, 6) is 2.35. The molecule has 0 aromatic heterocycles. The zero-order valence-corrected chi connectivity index (χ0v) is 11.2. The molecule has 2 heterocycles. The summed E-state index contributed by atoms with van der Waals surface area (Å²) in [5.41, 5.74) is 2.74. The van der Waals surface area contributed by atoms with Gasteiger partial charge in [0, 0.05) is 11.6 Å². The van der Waals surface area contributed by atoms with Crippen molar-refractivity contribution in [2.24, 2.45) is 0 Å². The Hall–Kier alpha value is -1.22. The molecule has 1 fully saturated rings. The Kier molecular flexibility index (Phi) is 3.16. The third-order valence-electron chi connectivity index (χ3n) is 3.87. The van der Waals surface area contributed by atoms with Crippen LogP contribution >= 0.6 is 0 Å². The van der Waals surface area contributed by atoms with Gasteiger partial charge in [0.2, 0.25) is 6.79 Å². The summed E-state index contributed by atoms with van der Waals surface area (Å²) in [6, 6.07) is 4.89. The maximum Gasteiger partial charge on any atom is 0.231 e. The predicted octanol–water partition coefficient (Wildman–Crippen LogP) is 2.83. The maximum absolute atomic E-state index is 5.65. The lowest BCUT2D eigenvalue weighted by molar-refractivity contribution is 0.173. The van der Waals surface area contributed by atoms with Crippen molar-refractivity contribution in [2.75, 3.05) is 13.3 Å². The van der Waals surface area contributed by atoms with E-state index in [2.05, 4.69) is 31.3 Å². The van der Waals surface area contributed by atoms with E-state index in [1.54, 1.807) is 0 Å². The summed E-state index contributed by atoms with van der Waals surface area (Å²) < 4.78 is 11.1. The number of fused-ring (bicyclic) bond motifs is 1. The highest BCUT2D eigenvalue weighted by Gasteiger charge is 2.24. The largest absolute Gasteiger partial charge is 0.454 e. The van der Waals surface area contributed by atoms with Gasteiger partial charge in [-0.1, -0.05) is 19.9 Å². The molecule has 1 unspecified atom stereocenters. The van der Waals surface area contributed by atoms with Crippen molar-refractivity contribution >= 4 is 0 Å². The number of benzene rings is 1. The average Bonchev–Trinajstić information content (AvgIpc) is 2.98. The normalized spacial score (nSPS) is 21.8. The topological polar surface area (TPSA) is 30.5 Å². The molecule has 98 valence electrons. The molecule has 0 spiro atoms. The summed E-state index contributed by atoms with van der Waals surface area (Å²) in [5, 5.41) is 3.57. The zero-order valence-electron chi connectivity index (χ0n) is 11.2. The number of ether oxygens (including phenoxy) is 2. The van der Waals surface area contributed by atoms with E-state index in [-0.39, 0.29) is 0 Å². The van der Waals surface area contributed by atoms with Crippen LogP contribution in [0.15, 0.2) is 12.1 Å². The van der Waals surface area contributed by atoms with E-state index in [9.17, 15) is 0 Å². The highest BCUT2D eigenvalue weighted by atomic mass is 16.7. The van der Waals surface area contributed by atoms with Crippen LogP contribution in [0.3, 0.4) is 0 Å². The molecule has 2 aliphatic rings. The number of hydrogen-bond donors (Lipinski definition) is 1. The lowest BCUT2D eigenvalue weighted by Crippen LogP contribution is -2.24. The SMILES string of the molecule is CC(C)c1c(CC2CCCN2)ccc2c1OCO2. The fourth-order valence-corrected chi connectivity index (χ4v) is 3.04. The van der Waals surface area contributed by atoms with Gasteiger partial charge >= 0.3 is 0 Å². The van der Waals surface area contributed by atoms with Gasteiger partial charge in [-0.2, -0.15) is 0 Å². The minimum absolute atomic E-state index is 0.361. The van der Waals surface area contributed by atoms with Gasteiger partial charge in [0.1, 0.15) is 0 Å². The van der Waals surface area contributed by atoms with E-state index in [0.717, 1.165) is 24.5 Å². The summed E-state index contributed by atoms with van der Waals surface area (Å²) in [6.45, 7) is 5.97. The molecular formula is C15H21NO2. The fourth-order valence-electron chi connectivity index (χ4n) is 3.04. The first-order valence-corrected chi connectivity index (χ1v) is 6.90. The average molecular weight is 247 g/mol. The van der Waals surface area contributed by atoms with E-state index in [1.807, 2.05) is 0 Å². The Morgan fingerprint density at radius 1 is 1.33 bits per heavy atom. The van der Waals surface area contributed by atoms with Crippen LogP contribution in [0.4, 0.5) is 0 Å². The Bertz CT molecular complexity index is 436. The third kappa shape index (κ3) is 2.07. The van der Waals surface area contributed by atoms with Gasteiger partial charge in [-0.05, 0) is 43.4 Å². The highest BCUT2D eigenvalue weighted by Crippen LogP contribution is 2.41. The Morgan fingerprint density at radius 2 is 2.22 bits per heavy atom. The molecule has 1 saturated heterocycles. The standard InChI is InChI=1S/C15H21NO2/c1-10(2)14-11(8-12-4-3-7-16-12)5-6-13-15(14)18-9-17-13/h5-6,10,12,16H,3-4,7-9H2,1-2H3. The second-order valence-corrected chi connectivity index (χ2v) is 5.52. The first-order valence-electron chi connectivity index (χ1n) is 6.90. The van der Waals surface area contributed by atoms with Crippen LogP contribution in [0, 0.1) is 0 Å². The van der Waals surface area contributed by atoms with Gasteiger partial charge in [-0.15, -0.1) is 0 Å². The molecule has 0 amide bonds. The van der Waals surface area contributed by atoms with Crippen LogP contribution < -0.4 is 14.8 Å². The van der Waals surface area contributed by atoms with E-state index < -0.39 is 0 Å². The van der Waals surface area contributed by atoms with Gasteiger partial charge < -0.3 is 14.8 Å². The van der Waals surface area contributed by atoms with Gasteiger partial charge in [0.05, 0.1) is 0 Å². The Labute approximate surface area is 108 Å². The monoisotopic (exact) mass is 247 g/mol. The number of rotatable bonds is 3. The number of nitrogens with one attached hydrogen (secondary N) is 1. The van der Waals surface area contributed by atoms with Crippen molar-refractivity contribution in [3.8, 4) is 11.5 Å². The molecule has 2 aliphatic heterocycles. The fraction of sp³-hybridized carbons (Fsp3) is 0.600. The summed E-state index contributed by atoms with van der Waals surface area (Å²) in [4.78, 5) is 0. The molecule has 1 aromatic carbocycles. The maximum atomic E-state index is 5.65. The van der Waals surface area contributed by atoms with Crippen molar-refractivity contribution in [3.63, 3.8) is 0 Å². The smallest absolute Gasteiger partial charge is 0.231 e. The van der Waals surface area contributed by atoms with Crippen molar-refractivity contribution in [1.29, 1.82) is 0 Å². The molecule has 3 rings (SSSR count). The molecule has 0 radical (unpaired) electrons. The zero-order chi connectivity index (χ0) is 12.5. The highest BCUT2D eigenvalue weighted by molar-refractivity contribution is 5.53. The van der Waals surface area contributed by atoms with E-state index in [0.29, 0.717) is 18.8 Å². The molecule has 1 N–H and O–H groups in total. The van der Waals surface area contributed by atoms with Gasteiger partial charge in [-0.3, -0.25) is 0 Å². The Morgan fingerprint density at radius 3 is 2.94 bits per heavy atom. The van der Waals surface area contributed by atoms with Crippen molar-refractivity contribution in [1.82, 2.24) is 5.32 Å². The lowest BCUT2D eigenvalue weighted by atomic mass is 9.91. The first-order chi connectivity index (χ1) is 8.75. The van der Waals surface area contributed by atoms with E-state index >= 15 is 0 Å². The van der Waals surface area contributed by atoms with E-state index in [4.69, 9.17) is 9.47 Å². The van der Waals surface area contributed by atoms with Gasteiger partial charge in [0.25, 0.3) is 0 Å². The second-order valence-electron chi connectivity index (χ2n) is 5.52. The molecule has 0 saturated carbocycles. The van der Waals surface area contributed by atoms with Crippen LogP contribution in [0.5, 0.6) is 11.5 Å². The Balaban J connectivity index is 1.92. The van der Waals surface area contributed by atoms with Gasteiger partial charge in [0.15, 0.2) is 11.5 Å². The van der Waals surface area contributed by atoms with Crippen molar-refractivity contribution in [3.05, 3.63) is 23.3 Å². The first kappa shape index (κ1) is 11.8. The molecule has 3 nitrogen and oxygen atoms in total. The van der Waals surface area contributed by atoms with Crippen LogP contribution in [0.25, 0.3) is 0 Å². The van der Waals surface area contributed by atoms with E-state index in [1.165, 1.54) is 24.0 Å². The minimum Gasteiger partial charge on any atom is -0.454 e. The molecular weight excluding hydrogens is 226 g/mol. The predicted molar refractivity (Wildman–Crippen MR) is 71.4 cm³/mol. The summed E-state index contributed by atoms with van der Waals surface area (Å²) >= 11 is 0. The molecule has 0 aliphatic carbocycles. The molecule has 3 heteroatoms.